The molecule has 1 aliphatic heterocycles. The van der Waals surface area contributed by atoms with Crippen LogP contribution >= 0.6 is 23.4 Å². The normalized spacial score (nSPS) is 16.4. The number of benzene rings is 2. The predicted octanol–water partition coefficient (Wildman–Crippen LogP) is 4.62. The lowest BCUT2D eigenvalue weighted by Crippen LogP contribution is -2.15. The monoisotopic (exact) mass is 399 g/mol. The van der Waals surface area contributed by atoms with Crippen LogP contribution in [0, 0.1) is 6.92 Å². The Hall–Kier alpha value is -2.44. The van der Waals surface area contributed by atoms with Crippen LogP contribution in [0.3, 0.4) is 0 Å². The SMILES string of the molecule is COc1ccccc1[C@H]1SCC(=O)Nc2c1c(C)nn2-c1ccc(Cl)cc1. The number of aryl methyl sites for hydroxylation is 1. The van der Waals surface area contributed by atoms with Crippen molar-refractivity contribution in [3.63, 3.8) is 0 Å². The molecule has 0 fully saturated rings. The molecule has 2 heterocycles. The topological polar surface area (TPSA) is 56.1 Å². The lowest BCUT2D eigenvalue weighted by molar-refractivity contribution is -0.113. The van der Waals surface area contributed by atoms with Crippen LogP contribution in [0.25, 0.3) is 5.69 Å². The summed E-state index contributed by atoms with van der Waals surface area (Å²) in [5.41, 5.74) is 3.73. The van der Waals surface area contributed by atoms with Crippen molar-refractivity contribution in [1.29, 1.82) is 0 Å². The summed E-state index contributed by atoms with van der Waals surface area (Å²) < 4.78 is 7.34. The van der Waals surface area contributed by atoms with E-state index in [1.807, 2.05) is 55.5 Å². The standard InChI is InChI=1S/C20H18ClN3O2S/c1-12-18-19(15-5-3-4-6-16(15)26-2)27-11-17(25)22-20(18)24(23-12)14-9-7-13(21)8-10-14/h3-10,19H,11H2,1-2H3,(H,22,25)/t19-/m1/s1. The second kappa shape index (κ2) is 7.29. The highest BCUT2D eigenvalue weighted by atomic mass is 35.5. The molecule has 27 heavy (non-hydrogen) atoms. The number of fused-ring (bicyclic) bond motifs is 1. The van der Waals surface area contributed by atoms with Gasteiger partial charge in [-0.3, -0.25) is 4.79 Å². The van der Waals surface area contributed by atoms with E-state index in [1.54, 1.807) is 23.6 Å². The summed E-state index contributed by atoms with van der Waals surface area (Å²) in [5.74, 6) is 1.81. The van der Waals surface area contributed by atoms with Crippen molar-refractivity contribution < 1.29 is 9.53 Å². The van der Waals surface area contributed by atoms with Gasteiger partial charge in [0.1, 0.15) is 11.6 Å². The van der Waals surface area contributed by atoms with Crippen LogP contribution in [-0.2, 0) is 4.79 Å². The zero-order valence-electron chi connectivity index (χ0n) is 14.9. The van der Waals surface area contributed by atoms with Gasteiger partial charge in [0.15, 0.2) is 0 Å². The molecule has 7 heteroatoms. The van der Waals surface area contributed by atoms with Gasteiger partial charge in [0.2, 0.25) is 5.91 Å². The molecule has 0 spiro atoms. The molecule has 1 amide bonds. The van der Waals surface area contributed by atoms with Gasteiger partial charge in [-0.05, 0) is 37.3 Å². The number of nitrogens with one attached hydrogen (secondary N) is 1. The Morgan fingerprint density at radius 1 is 1.22 bits per heavy atom. The summed E-state index contributed by atoms with van der Waals surface area (Å²) >= 11 is 7.59. The fraction of sp³-hybridized carbons (Fsp3) is 0.200. The summed E-state index contributed by atoms with van der Waals surface area (Å²) in [7, 11) is 1.66. The third-order valence-corrected chi connectivity index (χ3v) is 6.00. The van der Waals surface area contributed by atoms with Crippen LogP contribution in [0.5, 0.6) is 5.75 Å². The summed E-state index contributed by atoms with van der Waals surface area (Å²) in [4.78, 5) is 12.4. The van der Waals surface area contributed by atoms with Crippen LogP contribution in [-0.4, -0.2) is 28.6 Å². The van der Waals surface area contributed by atoms with Gasteiger partial charge in [0, 0.05) is 16.1 Å². The van der Waals surface area contributed by atoms with Crippen LogP contribution in [0.1, 0.15) is 22.1 Å². The van der Waals surface area contributed by atoms with Crippen molar-refractivity contribution in [2.24, 2.45) is 0 Å². The molecule has 2 aromatic carbocycles. The molecule has 1 atom stereocenters. The Labute approximate surface area is 166 Å². The zero-order valence-corrected chi connectivity index (χ0v) is 16.5. The maximum atomic E-state index is 12.4. The second-order valence-electron chi connectivity index (χ2n) is 6.22. The lowest BCUT2D eigenvalue weighted by Gasteiger charge is -2.18. The van der Waals surface area contributed by atoms with Crippen molar-refractivity contribution in [3.05, 3.63) is 70.4 Å². The number of carbonyl (C=O) groups is 1. The third-order valence-electron chi connectivity index (χ3n) is 4.50. The third kappa shape index (κ3) is 3.31. The Balaban J connectivity index is 1.90. The van der Waals surface area contributed by atoms with E-state index in [9.17, 15) is 4.79 Å². The molecule has 0 saturated heterocycles. The van der Waals surface area contributed by atoms with Gasteiger partial charge in [-0.1, -0.05) is 29.8 Å². The van der Waals surface area contributed by atoms with Crippen molar-refractivity contribution in [2.75, 3.05) is 18.2 Å². The first-order valence-electron chi connectivity index (χ1n) is 8.48. The summed E-state index contributed by atoms with van der Waals surface area (Å²) in [5, 5.41) is 8.33. The number of ether oxygens (including phenoxy) is 1. The number of rotatable bonds is 3. The molecule has 5 nitrogen and oxygen atoms in total. The number of amides is 1. The van der Waals surface area contributed by atoms with Gasteiger partial charge in [-0.25, -0.2) is 4.68 Å². The number of nitrogens with zero attached hydrogens (tertiary/aromatic N) is 2. The second-order valence-corrected chi connectivity index (χ2v) is 7.75. The van der Waals surface area contributed by atoms with E-state index in [2.05, 4.69) is 5.32 Å². The van der Waals surface area contributed by atoms with Crippen molar-refractivity contribution in [3.8, 4) is 11.4 Å². The maximum Gasteiger partial charge on any atom is 0.235 e. The number of aromatic nitrogens is 2. The highest BCUT2D eigenvalue weighted by Gasteiger charge is 2.32. The minimum atomic E-state index is -0.0591. The number of hydrogen-bond acceptors (Lipinski definition) is 4. The van der Waals surface area contributed by atoms with Gasteiger partial charge in [0.05, 0.1) is 29.5 Å². The van der Waals surface area contributed by atoms with E-state index in [4.69, 9.17) is 21.4 Å². The fourth-order valence-electron chi connectivity index (χ4n) is 3.28. The number of halogens is 1. The smallest absolute Gasteiger partial charge is 0.235 e. The van der Waals surface area contributed by atoms with E-state index in [-0.39, 0.29) is 11.2 Å². The number of anilines is 1. The molecule has 138 valence electrons. The first-order valence-corrected chi connectivity index (χ1v) is 9.91. The molecular weight excluding hydrogens is 382 g/mol. The van der Waals surface area contributed by atoms with E-state index in [1.165, 1.54) is 0 Å². The fourth-order valence-corrected chi connectivity index (χ4v) is 4.62. The Morgan fingerprint density at radius 3 is 2.70 bits per heavy atom. The van der Waals surface area contributed by atoms with Crippen molar-refractivity contribution in [1.82, 2.24) is 9.78 Å². The molecule has 3 aromatic rings. The average molecular weight is 400 g/mol. The van der Waals surface area contributed by atoms with Gasteiger partial charge >= 0.3 is 0 Å². The molecule has 1 aliphatic rings. The van der Waals surface area contributed by atoms with E-state index < -0.39 is 0 Å². The van der Waals surface area contributed by atoms with Gasteiger partial charge in [-0.2, -0.15) is 5.10 Å². The van der Waals surface area contributed by atoms with Gasteiger partial charge in [0.25, 0.3) is 0 Å². The van der Waals surface area contributed by atoms with E-state index in [0.717, 1.165) is 28.3 Å². The highest BCUT2D eigenvalue weighted by Crippen LogP contribution is 2.46. The lowest BCUT2D eigenvalue weighted by atomic mass is 10.0. The largest absolute Gasteiger partial charge is 0.496 e. The number of hydrogen-bond donors (Lipinski definition) is 1. The van der Waals surface area contributed by atoms with E-state index >= 15 is 0 Å². The average Bonchev–Trinajstić information content (AvgIpc) is 2.88. The Kier molecular flexibility index (Phi) is 4.85. The van der Waals surface area contributed by atoms with Crippen molar-refractivity contribution in [2.45, 2.75) is 12.2 Å². The predicted molar refractivity (Wildman–Crippen MR) is 109 cm³/mol. The number of thioether (sulfide) groups is 1. The van der Waals surface area contributed by atoms with Crippen LogP contribution < -0.4 is 10.1 Å². The molecule has 0 radical (unpaired) electrons. The number of para-hydroxylation sites is 1. The minimum Gasteiger partial charge on any atom is -0.496 e. The Morgan fingerprint density at radius 2 is 1.96 bits per heavy atom. The molecule has 4 rings (SSSR count). The first kappa shape index (κ1) is 17.9. The maximum absolute atomic E-state index is 12.4. The molecule has 0 aliphatic carbocycles. The molecular formula is C20H18ClN3O2S. The van der Waals surface area contributed by atoms with Crippen LogP contribution in [0.15, 0.2) is 48.5 Å². The van der Waals surface area contributed by atoms with Crippen molar-refractivity contribution >= 4 is 35.1 Å². The minimum absolute atomic E-state index is 0.0474. The quantitative estimate of drug-likeness (QED) is 0.698. The first-order chi connectivity index (χ1) is 13.1. The summed E-state index contributed by atoms with van der Waals surface area (Å²) in [6.07, 6.45) is 0. The van der Waals surface area contributed by atoms with Gasteiger partial charge < -0.3 is 10.1 Å². The van der Waals surface area contributed by atoms with E-state index in [0.29, 0.717) is 16.6 Å². The zero-order chi connectivity index (χ0) is 19.0. The molecule has 1 N–H and O–H groups in total. The molecule has 0 saturated carbocycles. The number of carbonyl (C=O) groups excluding carboxylic acids is 1. The summed E-state index contributed by atoms with van der Waals surface area (Å²) in [6, 6.07) is 15.3. The Bertz CT molecular complexity index is 1000. The molecule has 1 aromatic heterocycles. The summed E-state index contributed by atoms with van der Waals surface area (Å²) in [6.45, 7) is 1.96. The van der Waals surface area contributed by atoms with Crippen LogP contribution in [0.2, 0.25) is 5.02 Å². The van der Waals surface area contributed by atoms with Crippen LogP contribution in [0.4, 0.5) is 5.82 Å². The highest BCUT2D eigenvalue weighted by molar-refractivity contribution is 8.00. The molecule has 0 bridgehead atoms. The number of methoxy groups -OCH3 is 1. The van der Waals surface area contributed by atoms with Gasteiger partial charge in [-0.15, -0.1) is 11.8 Å². The molecule has 0 unspecified atom stereocenters.